The van der Waals surface area contributed by atoms with Gasteiger partial charge in [0.15, 0.2) is 5.03 Å². The van der Waals surface area contributed by atoms with Crippen molar-refractivity contribution in [3.05, 3.63) is 77.8 Å². The maximum Gasteiger partial charge on any atom is 0.281 e. The molecule has 0 radical (unpaired) electrons. The predicted octanol–water partition coefficient (Wildman–Crippen LogP) is 5.18. The minimum absolute atomic E-state index is 0.101. The van der Waals surface area contributed by atoms with Crippen molar-refractivity contribution in [3.8, 4) is 0 Å². The maximum absolute atomic E-state index is 13.6. The summed E-state index contributed by atoms with van der Waals surface area (Å²) in [6.45, 7) is 11.2. The van der Waals surface area contributed by atoms with E-state index in [4.69, 9.17) is 4.98 Å². The van der Waals surface area contributed by atoms with Crippen LogP contribution in [0.1, 0.15) is 75.5 Å². The van der Waals surface area contributed by atoms with E-state index in [0.717, 1.165) is 30.5 Å². The number of hydrogen-bond donors (Lipinski definition) is 2. The second-order valence-corrected chi connectivity index (χ2v) is 14.2. The monoisotopic (exact) mass is 574 g/mol. The van der Waals surface area contributed by atoms with Crippen molar-refractivity contribution < 1.29 is 13.2 Å². The van der Waals surface area contributed by atoms with E-state index in [1.54, 1.807) is 30.6 Å². The third-order valence-electron chi connectivity index (χ3n) is 7.75. The number of nitrogens with zero attached hydrogens (tertiary/aromatic N) is 4. The molecule has 0 saturated carbocycles. The Labute approximate surface area is 242 Å². The highest BCUT2D eigenvalue weighted by Crippen LogP contribution is 2.40. The normalized spacial score (nSPS) is 22.3. The molecule has 2 atom stereocenters. The average Bonchev–Trinajstić information content (AvgIpc) is 3.23. The number of fused-ring (bicyclic) bond motifs is 6. The summed E-state index contributed by atoms with van der Waals surface area (Å²) >= 11 is 0. The minimum atomic E-state index is -4.25. The Hall–Kier alpha value is -3.79. The van der Waals surface area contributed by atoms with Crippen molar-refractivity contribution in [2.75, 3.05) is 16.8 Å². The lowest BCUT2D eigenvalue weighted by Crippen LogP contribution is -2.41. The van der Waals surface area contributed by atoms with Gasteiger partial charge in [-0.1, -0.05) is 45.1 Å². The van der Waals surface area contributed by atoms with Gasteiger partial charge >= 0.3 is 0 Å². The van der Waals surface area contributed by atoms with Crippen molar-refractivity contribution in [3.63, 3.8) is 0 Å². The lowest BCUT2D eigenvalue weighted by molar-refractivity contribution is 0.0981. The molecule has 4 bridgehead atoms. The smallest absolute Gasteiger partial charge is 0.281 e. The number of rotatable bonds is 2. The molecular weight excluding hydrogens is 536 g/mol. The molecule has 10 heteroatoms. The Morgan fingerprint density at radius 2 is 1.85 bits per heavy atom. The Morgan fingerprint density at radius 3 is 2.59 bits per heavy atom. The zero-order valence-electron chi connectivity index (χ0n) is 24.3. The highest BCUT2D eigenvalue weighted by Gasteiger charge is 2.41. The van der Waals surface area contributed by atoms with Crippen LogP contribution in [0, 0.1) is 5.92 Å². The van der Waals surface area contributed by atoms with Crippen molar-refractivity contribution in [2.45, 2.75) is 75.9 Å². The highest BCUT2D eigenvalue weighted by atomic mass is 32.2. The van der Waals surface area contributed by atoms with Crippen LogP contribution < -0.4 is 14.9 Å². The van der Waals surface area contributed by atoms with E-state index in [1.807, 2.05) is 24.3 Å². The highest BCUT2D eigenvalue weighted by molar-refractivity contribution is 7.90. The molecule has 1 unspecified atom stereocenters. The van der Waals surface area contributed by atoms with Gasteiger partial charge in [-0.05, 0) is 74.9 Å². The number of nitrogens with one attached hydrogen (secondary N) is 2. The Kier molecular flexibility index (Phi) is 7.63. The molecule has 0 spiro atoms. The SMILES string of the molecule is CC(C)(C)c1ccc2c(n1)N1C[C@@H](CCC(C=Cc3cccnc3)Nc3cccc(n3)S(=O)(=O)NC2=O)CC1(C)C. The first-order valence-electron chi connectivity index (χ1n) is 14.0. The molecule has 9 nitrogen and oxygen atoms in total. The molecule has 1 saturated heterocycles. The number of carbonyl (C=O) groups is 1. The van der Waals surface area contributed by atoms with Crippen LogP contribution in [0.4, 0.5) is 11.6 Å². The van der Waals surface area contributed by atoms with Gasteiger partial charge < -0.3 is 10.2 Å². The van der Waals surface area contributed by atoms with E-state index in [9.17, 15) is 13.2 Å². The Morgan fingerprint density at radius 1 is 1.05 bits per heavy atom. The van der Waals surface area contributed by atoms with Crippen LogP contribution in [-0.4, -0.2) is 47.4 Å². The van der Waals surface area contributed by atoms with Gasteiger partial charge in [-0.25, -0.2) is 14.7 Å². The number of amides is 1. The predicted molar refractivity (Wildman–Crippen MR) is 161 cm³/mol. The first-order chi connectivity index (χ1) is 19.3. The summed E-state index contributed by atoms with van der Waals surface area (Å²) in [6, 6.07) is 12.0. The summed E-state index contributed by atoms with van der Waals surface area (Å²) in [5.74, 6) is 0.562. The number of anilines is 2. The first kappa shape index (κ1) is 28.7. The summed E-state index contributed by atoms with van der Waals surface area (Å²) in [5.41, 5.74) is 1.52. The van der Waals surface area contributed by atoms with Crippen molar-refractivity contribution in [1.82, 2.24) is 19.7 Å². The van der Waals surface area contributed by atoms with Crippen molar-refractivity contribution in [2.24, 2.45) is 5.92 Å². The fourth-order valence-electron chi connectivity index (χ4n) is 5.60. The molecule has 0 aliphatic carbocycles. The van der Waals surface area contributed by atoms with Gasteiger partial charge in [0.2, 0.25) is 0 Å². The van der Waals surface area contributed by atoms with Crippen LogP contribution >= 0.6 is 0 Å². The third kappa shape index (κ3) is 6.43. The molecule has 3 aromatic rings. The molecule has 216 valence electrons. The summed E-state index contributed by atoms with van der Waals surface area (Å²) in [5, 5.41) is 3.17. The number of hydrogen-bond acceptors (Lipinski definition) is 8. The molecule has 1 fully saturated rings. The van der Waals surface area contributed by atoms with E-state index in [2.05, 4.69) is 65.6 Å². The zero-order valence-corrected chi connectivity index (χ0v) is 25.1. The van der Waals surface area contributed by atoms with E-state index < -0.39 is 15.9 Å². The van der Waals surface area contributed by atoms with Gasteiger partial charge in [-0.2, -0.15) is 8.42 Å². The van der Waals surface area contributed by atoms with E-state index in [1.165, 1.54) is 6.07 Å². The van der Waals surface area contributed by atoms with E-state index in [-0.39, 0.29) is 27.6 Å². The largest absolute Gasteiger partial charge is 0.364 e. The average molecular weight is 575 g/mol. The van der Waals surface area contributed by atoms with Gasteiger partial charge in [0.1, 0.15) is 11.6 Å². The lowest BCUT2D eigenvalue weighted by Gasteiger charge is -2.34. The summed E-state index contributed by atoms with van der Waals surface area (Å²) in [4.78, 5) is 29.3. The van der Waals surface area contributed by atoms with Crippen molar-refractivity contribution >= 4 is 33.6 Å². The topological polar surface area (TPSA) is 117 Å². The van der Waals surface area contributed by atoms with Gasteiger partial charge in [0.05, 0.1) is 5.56 Å². The fourth-order valence-corrected chi connectivity index (χ4v) is 6.53. The summed E-state index contributed by atoms with van der Waals surface area (Å²) < 4.78 is 29.0. The van der Waals surface area contributed by atoms with Crippen LogP contribution in [0.3, 0.4) is 0 Å². The molecule has 5 heterocycles. The maximum atomic E-state index is 13.6. The van der Waals surface area contributed by atoms with Crippen LogP contribution in [0.15, 0.2) is 66.0 Å². The van der Waals surface area contributed by atoms with Crippen LogP contribution in [0.25, 0.3) is 6.08 Å². The molecule has 41 heavy (non-hydrogen) atoms. The fraction of sp³-hybridized carbons (Fsp3) is 0.419. The van der Waals surface area contributed by atoms with Gasteiger partial charge in [0.25, 0.3) is 15.9 Å². The minimum Gasteiger partial charge on any atom is -0.364 e. The first-order valence-corrected chi connectivity index (χ1v) is 15.5. The second-order valence-electron chi connectivity index (χ2n) is 12.6. The molecule has 1 amide bonds. The van der Waals surface area contributed by atoms with Crippen molar-refractivity contribution in [1.29, 1.82) is 0 Å². The number of sulfonamides is 1. The van der Waals surface area contributed by atoms with Gasteiger partial charge in [-0.3, -0.25) is 9.78 Å². The van der Waals surface area contributed by atoms with E-state index >= 15 is 0 Å². The Bertz CT molecular complexity index is 1560. The number of aromatic nitrogens is 3. The molecule has 2 N–H and O–H groups in total. The standard InChI is InChI=1S/C31H38N6O3S/c1-30(2,3)25-16-15-24-28(34-25)37-20-22(18-31(37,4)5)12-14-23(13-11-21-8-7-17-32-19-21)33-26-9-6-10-27(35-26)41(39,40)36-29(24)38/h6-11,13,15-17,19,22-23H,12,14,18,20H2,1-5H3,(H,33,35)(H,36,38)/t22-,23?/m0/s1. The second kappa shape index (κ2) is 10.9. The van der Waals surface area contributed by atoms with Gasteiger partial charge in [-0.15, -0.1) is 0 Å². The quantitative estimate of drug-likeness (QED) is 0.430. The molecule has 2 aliphatic heterocycles. The third-order valence-corrected chi connectivity index (χ3v) is 8.99. The molecule has 5 rings (SSSR count). The lowest BCUT2D eigenvalue weighted by atomic mass is 9.90. The number of carbonyl (C=O) groups excluding carboxylic acids is 1. The van der Waals surface area contributed by atoms with Crippen LogP contribution in [-0.2, 0) is 15.4 Å². The molecular formula is C31H38N6O3S. The van der Waals surface area contributed by atoms with E-state index in [0.29, 0.717) is 24.1 Å². The number of pyridine rings is 3. The summed E-state index contributed by atoms with van der Waals surface area (Å²) in [7, 11) is -4.25. The van der Waals surface area contributed by atoms with Crippen LogP contribution in [0.2, 0.25) is 0 Å². The summed E-state index contributed by atoms with van der Waals surface area (Å²) in [6.07, 6.45) is 10.3. The van der Waals surface area contributed by atoms with Gasteiger partial charge in [0, 0.05) is 41.6 Å². The molecule has 0 aromatic carbocycles. The molecule has 2 aliphatic rings. The Balaban J connectivity index is 1.58. The zero-order chi connectivity index (χ0) is 29.4. The van der Waals surface area contributed by atoms with Crippen LogP contribution in [0.5, 0.6) is 0 Å². The molecule has 3 aromatic heterocycles.